The van der Waals surface area contributed by atoms with E-state index in [-0.39, 0.29) is 0 Å². The Balaban J connectivity index is 2.62. The summed E-state index contributed by atoms with van der Waals surface area (Å²) in [6.07, 6.45) is 5.62. The summed E-state index contributed by atoms with van der Waals surface area (Å²) in [6.45, 7) is 0.719. The van der Waals surface area contributed by atoms with Crippen molar-refractivity contribution in [3.63, 3.8) is 0 Å². The van der Waals surface area contributed by atoms with E-state index in [1.165, 1.54) is 5.56 Å². The number of aromatic nitrogens is 1. The highest BCUT2D eigenvalue weighted by Crippen LogP contribution is 2.05. The minimum Gasteiger partial charge on any atom is -0.358 e. The van der Waals surface area contributed by atoms with Gasteiger partial charge in [-0.2, -0.15) is 0 Å². The van der Waals surface area contributed by atoms with E-state index < -0.39 is 0 Å². The molecular formula is C10H15N3S. The Morgan fingerprint density at radius 3 is 2.57 bits per heavy atom. The van der Waals surface area contributed by atoms with Crippen LogP contribution in [0.5, 0.6) is 0 Å². The fourth-order valence-electron chi connectivity index (χ4n) is 1.04. The second-order valence-electron chi connectivity index (χ2n) is 3.05. The summed E-state index contributed by atoms with van der Waals surface area (Å²) < 4.78 is 0. The maximum absolute atomic E-state index is 4.49. The average molecular weight is 209 g/mol. The second kappa shape index (κ2) is 5.65. The molecule has 3 nitrogen and oxygen atoms in total. The molecule has 4 heteroatoms. The molecule has 0 aromatic carbocycles. The minimum absolute atomic E-state index is 0.719. The Labute approximate surface area is 89.3 Å². The SMILES string of the molecule is CSC(=NCc1ccncc1)N(C)C. The maximum Gasteiger partial charge on any atom is 0.158 e. The van der Waals surface area contributed by atoms with Crippen LogP contribution in [-0.2, 0) is 6.54 Å². The van der Waals surface area contributed by atoms with Gasteiger partial charge in [0.2, 0.25) is 0 Å². The third-order valence-electron chi connectivity index (χ3n) is 1.71. The monoisotopic (exact) mass is 209 g/mol. The van der Waals surface area contributed by atoms with Crippen LogP contribution in [0, 0.1) is 0 Å². The molecule has 0 spiro atoms. The maximum atomic E-state index is 4.49. The van der Waals surface area contributed by atoms with Gasteiger partial charge in [0.1, 0.15) is 0 Å². The van der Waals surface area contributed by atoms with E-state index in [2.05, 4.69) is 9.98 Å². The van der Waals surface area contributed by atoms with Crippen LogP contribution >= 0.6 is 11.8 Å². The highest BCUT2D eigenvalue weighted by molar-refractivity contribution is 8.13. The molecule has 0 unspecified atom stereocenters. The van der Waals surface area contributed by atoms with Crippen LogP contribution in [-0.4, -0.2) is 35.4 Å². The summed E-state index contributed by atoms with van der Waals surface area (Å²) >= 11 is 1.66. The van der Waals surface area contributed by atoms with Crippen molar-refractivity contribution in [3.05, 3.63) is 30.1 Å². The molecule has 0 aliphatic heterocycles. The van der Waals surface area contributed by atoms with E-state index in [0.717, 1.165) is 11.7 Å². The first-order valence-electron chi connectivity index (χ1n) is 4.38. The number of aliphatic imine (C=N–C) groups is 1. The van der Waals surface area contributed by atoms with Crippen LogP contribution in [0.3, 0.4) is 0 Å². The first-order chi connectivity index (χ1) is 6.74. The van der Waals surface area contributed by atoms with Gasteiger partial charge < -0.3 is 4.90 Å². The van der Waals surface area contributed by atoms with E-state index in [4.69, 9.17) is 0 Å². The zero-order valence-corrected chi connectivity index (χ0v) is 9.58. The van der Waals surface area contributed by atoms with Crippen molar-refractivity contribution in [3.8, 4) is 0 Å². The lowest BCUT2D eigenvalue weighted by Crippen LogP contribution is -2.18. The number of amidine groups is 1. The lowest BCUT2D eigenvalue weighted by molar-refractivity contribution is 0.632. The Morgan fingerprint density at radius 1 is 1.43 bits per heavy atom. The molecule has 14 heavy (non-hydrogen) atoms. The van der Waals surface area contributed by atoms with Crippen LogP contribution in [0.25, 0.3) is 0 Å². The molecule has 76 valence electrons. The Hall–Kier alpha value is -1.03. The lowest BCUT2D eigenvalue weighted by Gasteiger charge is -2.12. The van der Waals surface area contributed by atoms with Crippen LogP contribution in [0.4, 0.5) is 0 Å². The Morgan fingerprint density at radius 2 is 2.07 bits per heavy atom. The standard InChI is InChI=1S/C10H15N3S/c1-13(2)10(14-3)12-8-9-4-6-11-7-5-9/h4-7H,8H2,1-3H3. The summed E-state index contributed by atoms with van der Waals surface area (Å²) in [5.41, 5.74) is 1.19. The molecule has 0 aliphatic carbocycles. The number of thioether (sulfide) groups is 1. The molecule has 0 radical (unpaired) electrons. The van der Waals surface area contributed by atoms with Crippen LogP contribution < -0.4 is 0 Å². The van der Waals surface area contributed by atoms with Crippen molar-refractivity contribution in [1.82, 2.24) is 9.88 Å². The second-order valence-corrected chi connectivity index (χ2v) is 3.83. The Bertz CT molecular complexity index is 295. The molecule has 1 aromatic rings. The van der Waals surface area contributed by atoms with Crippen LogP contribution in [0.2, 0.25) is 0 Å². The normalized spacial score (nSPS) is 11.5. The van der Waals surface area contributed by atoms with Crippen molar-refractivity contribution in [2.24, 2.45) is 4.99 Å². The van der Waals surface area contributed by atoms with Gasteiger partial charge in [0, 0.05) is 26.5 Å². The van der Waals surface area contributed by atoms with Gasteiger partial charge in [-0.1, -0.05) is 11.8 Å². The van der Waals surface area contributed by atoms with Crippen LogP contribution in [0.1, 0.15) is 5.56 Å². The third kappa shape index (κ3) is 3.38. The summed E-state index contributed by atoms with van der Waals surface area (Å²) in [4.78, 5) is 10.5. The number of pyridine rings is 1. The van der Waals surface area contributed by atoms with Crippen molar-refractivity contribution < 1.29 is 0 Å². The van der Waals surface area contributed by atoms with Gasteiger partial charge in [-0.3, -0.25) is 9.98 Å². The van der Waals surface area contributed by atoms with Gasteiger partial charge in [0.15, 0.2) is 5.17 Å². The van der Waals surface area contributed by atoms with Gasteiger partial charge in [0.25, 0.3) is 0 Å². The molecule has 0 saturated carbocycles. The molecule has 1 heterocycles. The average Bonchev–Trinajstić information content (AvgIpc) is 2.20. The number of nitrogens with zero attached hydrogens (tertiary/aromatic N) is 3. The predicted molar refractivity (Wildman–Crippen MR) is 62.6 cm³/mol. The number of rotatable bonds is 2. The van der Waals surface area contributed by atoms with Crippen LogP contribution in [0.15, 0.2) is 29.5 Å². The predicted octanol–water partition coefficient (Wildman–Crippen LogP) is 1.86. The molecule has 1 rings (SSSR count). The van der Waals surface area contributed by atoms with E-state index in [1.54, 1.807) is 24.2 Å². The fourth-order valence-corrected chi connectivity index (χ4v) is 1.59. The number of hydrogen-bond donors (Lipinski definition) is 0. The van der Waals surface area contributed by atoms with Gasteiger partial charge in [-0.15, -0.1) is 0 Å². The van der Waals surface area contributed by atoms with Crippen molar-refractivity contribution in [2.45, 2.75) is 6.54 Å². The molecule has 0 fully saturated rings. The molecule has 0 amide bonds. The molecule has 0 bridgehead atoms. The lowest BCUT2D eigenvalue weighted by atomic mass is 10.3. The van der Waals surface area contributed by atoms with E-state index in [1.807, 2.05) is 37.4 Å². The first kappa shape index (κ1) is 11.0. The number of hydrogen-bond acceptors (Lipinski definition) is 3. The third-order valence-corrected chi connectivity index (χ3v) is 2.57. The Kier molecular flexibility index (Phi) is 4.46. The zero-order chi connectivity index (χ0) is 10.4. The smallest absolute Gasteiger partial charge is 0.158 e. The molecule has 1 aromatic heterocycles. The van der Waals surface area contributed by atoms with Gasteiger partial charge in [0.05, 0.1) is 6.54 Å². The summed E-state index contributed by atoms with van der Waals surface area (Å²) in [5.74, 6) is 0. The highest BCUT2D eigenvalue weighted by Gasteiger charge is 1.98. The summed E-state index contributed by atoms with van der Waals surface area (Å²) in [7, 11) is 4.00. The first-order valence-corrected chi connectivity index (χ1v) is 5.61. The minimum atomic E-state index is 0.719. The van der Waals surface area contributed by atoms with Gasteiger partial charge in [-0.05, 0) is 24.0 Å². The topological polar surface area (TPSA) is 28.5 Å². The van der Waals surface area contributed by atoms with E-state index >= 15 is 0 Å². The van der Waals surface area contributed by atoms with Crippen molar-refractivity contribution in [1.29, 1.82) is 0 Å². The summed E-state index contributed by atoms with van der Waals surface area (Å²) in [6, 6.07) is 3.97. The van der Waals surface area contributed by atoms with Crippen molar-refractivity contribution in [2.75, 3.05) is 20.4 Å². The van der Waals surface area contributed by atoms with E-state index in [0.29, 0.717) is 0 Å². The zero-order valence-electron chi connectivity index (χ0n) is 8.77. The van der Waals surface area contributed by atoms with Gasteiger partial charge >= 0.3 is 0 Å². The molecule has 0 aliphatic rings. The largest absolute Gasteiger partial charge is 0.358 e. The van der Waals surface area contributed by atoms with Gasteiger partial charge in [-0.25, -0.2) is 0 Å². The molecule has 0 N–H and O–H groups in total. The fraction of sp³-hybridized carbons (Fsp3) is 0.400. The quantitative estimate of drug-likeness (QED) is 0.550. The van der Waals surface area contributed by atoms with Crippen molar-refractivity contribution >= 4 is 16.9 Å². The molecule has 0 atom stereocenters. The summed E-state index contributed by atoms with van der Waals surface area (Å²) in [5, 5.41) is 1.04. The molecular weight excluding hydrogens is 194 g/mol. The molecule has 0 saturated heterocycles. The van der Waals surface area contributed by atoms with E-state index in [9.17, 15) is 0 Å². The highest BCUT2D eigenvalue weighted by atomic mass is 32.2.